The Bertz CT molecular complexity index is 1930. The van der Waals surface area contributed by atoms with Crippen molar-refractivity contribution in [3.8, 4) is 0 Å². The van der Waals surface area contributed by atoms with Crippen molar-refractivity contribution in [3.63, 3.8) is 0 Å². The van der Waals surface area contributed by atoms with Gasteiger partial charge >= 0.3 is 6.03 Å². The van der Waals surface area contributed by atoms with Gasteiger partial charge in [0, 0.05) is 63.3 Å². The van der Waals surface area contributed by atoms with Crippen LogP contribution in [0.1, 0.15) is 66.7 Å². The first kappa shape index (κ1) is 31.4. The topological polar surface area (TPSA) is 159 Å². The molecule has 3 amide bonds. The molecule has 14 nitrogen and oxygen atoms in total. The lowest BCUT2D eigenvalue weighted by molar-refractivity contribution is -0.120. The molecular weight excluding hydrogens is 612 g/mol. The van der Waals surface area contributed by atoms with Gasteiger partial charge in [-0.05, 0) is 56.5 Å². The van der Waals surface area contributed by atoms with Gasteiger partial charge in [0.1, 0.15) is 11.5 Å². The summed E-state index contributed by atoms with van der Waals surface area (Å²) in [6.45, 7) is 7.67. The maximum Gasteiger partial charge on any atom is 0.328 e. The van der Waals surface area contributed by atoms with Crippen LogP contribution in [0.5, 0.6) is 0 Å². The Morgan fingerprint density at radius 1 is 0.917 bits per heavy atom. The summed E-state index contributed by atoms with van der Waals surface area (Å²) in [7, 11) is 0. The molecule has 14 heteroatoms. The van der Waals surface area contributed by atoms with Crippen molar-refractivity contribution in [2.24, 2.45) is 0 Å². The zero-order chi connectivity index (χ0) is 33.4. The van der Waals surface area contributed by atoms with E-state index in [0.29, 0.717) is 47.1 Å². The summed E-state index contributed by atoms with van der Waals surface area (Å²) in [4.78, 5) is 74.1. The van der Waals surface area contributed by atoms with Gasteiger partial charge in [-0.2, -0.15) is 4.98 Å². The van der Waals surface area contributed by atoms with Crippen molar-refractivity contribution in [2.45, 2.75) is 58.5 Å². The van der Waals surface area contributed by atoms with Crippen molar-refractivity contribution < 1.29 is 14.4 Å². The number of nitrogens with one attached hydrogen (secondary N) is 2. The number of piperazine rings is 1. The molecule has 248 valence electrons. The summed E-state index contributed by atoms with van der Waals surface area (Å²) >= 11 is 0. The van der Waals surface area contributed by atoms with Crippen LogP contribution < -0.4 is 26.0 Å². The molecular formula is C34H38N10O4. The number of aromatic nitrogens is 5. The molecule has 2 saturated heterocycles. The smallest absolute Gasteiger partial charge is 0.328 e. The predicted molar refractivity (Wildman–Crippen MR) is 181 cm³/mol. The van der Waals surface area contributed by atoms with E-state index in [-0.39, 0.29) is 35.3 Å². The highest BCUT2D eigenvalue weighted by Crippen LogP contribution is 2.32. The molecule has 0 unspecified atom stereocenters. The Morgan fingerprint density at radius 3 is 2.33 bits per heavy atom. The first-order chi connectivity index (χ1) is 23.2. The number of amides is 3. The van der Waals surface area contributed by atoms with Crippen molar-refractivity contribution in [1.29, 1.82) is 0 Å². The Labute approximate surface area is 277 Å². The molecule has 1 saturated carbocycles. The van der Waals surface area contributed by atoms with E-state index in [0.717, 1.165) is 63.2 Å². The fraction of sp³-hybridized carbons (Fsp3) is 0.412. The van der Waals surface area contributed by atoms with E-state index in [2.05, 4.69) is 35.4 Å². The molecule has 0 aromatic carbocycles. The Morgan fingerprint density at radius 2 is 1.67 bits per heavy atom. The number of carbonyl (C=O) groups is 3. The summed E-state index contributed by atoms with van der Waals surface area (Å²) in [5.41, 5.74) is 3.71. The van der Waals surface area contributed by atoms with E-state index in [1.165, 1.54) is 11.8 Å². The van der Waals surface area contributed by atoms with Crippen molar-refractivity contribution in [2.75, 3.05) is 47.8 Å². The number of rotatable bonds is 8. The van der Waals surface area contributed by atoms with Crippen LogP contribution in [-0.4, -0.2) is 79.8 Å². The predicted octanol–water partition coefficient (Wildman–Crippen LogP) is 3.72. The molecule has 0 atom stereocenters. The lowest BCUT2D eigenvalue weighted by Gasteiger charge is -2.35. The highest BCUT2D eigenvalue weighted by atomic mass is 16.2. The minimum absolute atomic E-state index is 0.0133. The quantitative estimate of drug-likeness (QED) is 0.268. The minimum Gasteiger partial charge on any atom is -0.368 e. The number of ketones is 1. The van der Waals surface area contributed by atoms with Gasteiger partial charge in [0.25, 0.3) is 5.56 Å². The number of anilines is 4. The van der Waals surface area contributed by atoms with Crippen LogP contribution in [0.15, 0.2) is 47.7 Å². The Balaban J connectivity index is 0.983. The minimum atomic E-state index is -0.413. The average Bonchev–Trinajstić information content (AvgIpc) is 3.61. The first-order valence-corrected chi connectivity index (χ1v) is 16.4. The third-order valence-corrected chi connectivity index (χ3v) is 9.54. The zero-order valence-corrected chi connectivity index (χ0v) is 27.1. The van der Waals surface area contributed by atoms with Crippen LogP contribution in [0.25, 0.3) is 11.0 Å². The van der Waals surface area contributed by atoms with E-state index in [1.54, 1.807) is 23.9 Å². The highest BCUT2D eigenvalue weighted by Gasteiger charge is 2.27. The molecule has 4 aromatic rings. The number of urea groups is 1. The lowest BCUT2D eigenvalue weighted by Crippen LogP contribution is -2.49. The molecule has 6 heterocycles. The van der Waals surface area contributed by atoms with Crippen molar-refractivity contribution >= 4 is 51.9 Å². The number of Topliss-reactive ketones (excluding diaryl/α,β-unsaturated/α-hetero) is 1. The number of carbonyl (C=O) groups excluding carboxylic acids is 3. The van der Waals surface area contributed by atoms with E-state index >= 15 is 0 Å². The first-order valence-electron chi connectivity index (χ1n) is 16.4. The summed E-state index contributed by atoms with van der Waals surface area (Å²) in [5, 5.41) is 6.24. The standard InChI is InChI=1S/C34H38N10O4/c1-21-27-19-37-33(40-31(27)44(24-5-3-4-6-24)32(47)30(21)22(2)45)38-28-10-9-25(17-36-28)42-15-13-41(14-16-42)20-23-7-8-26(18-35-23)43-12-11-29(46)39-34(43)48/h7-10,17-19,24H,3-6,11-16,20H2,1-2H3,(H,39,46,48)(H,36,37,38,40). The summed E-state index contributed by atoms with van der Waals surface area (Å²) in [6, 6.07) is 7.32. The van der Waals surface area contributed by atoms with Gasteiger partial charge in [-0.1, -0.05) is 12.8 Å². The van der Waals surface area contributed by atoms with Crippen molar-refractivity contribution in [3.05, 3.63) is 70.0 Å². The normalized spacial score (nSPS) is 17.6. The Hall–Kier alpha value is -5.24. The van der Waals surface area contributed by atoms with Crippen molar-refractivity contribution in [1.82, 2.24) is 34.7 Å². The number of pyridine rings is 3. The molecule has 4 aromatic heterocycles. The number of nitrogens with zero attached hydrogens (tertiary/aromatic N) is 8. The lowest BCUT2D eigenvalue weighted by atomic mass is 10.0. The van der Waals surface area contributed by atoms with Gasteiger partial charge in [-0.25, -0.2) is 14.8 Å². The third kappa shape index (κ3) is 6.22. The average molecular weight is 651 g/mol. The van der Waals surface area contributed by atoms with Crippen LogP contribution in [-0.2, 0) is 11.3 Å². The molecule has 0 bridgehead atoms. The number of imide groups is 1. The largest absolute Gasteiger partial charge is 0.368 e. The van der Waals surface area contributed by atoms with E-state index in [9.17, 15) is 19.2 Å². The number of fused-ring (bicyclic) bond motifs is 1. The molecule has 48 heavy (non-hydrogen) atoms. The fourth-order valence-corrected chi connectivity index (χ4v) is 6.94. The van der Waals surface area contributed by atoms with Crippen LogP contribution in [0.2, 0.25) is 0 Å². The molecule has 1 aliphatic carbocycles. The van der Waals surface area contributed by atoms with Gasteiger partial charge in [0.05, 0.1) is 35.0 Å². The molecule has 7 rings (SSSR count). The van der Waals surface area contributed by atoms with Gasteiger partial charge in [0.15, 0.2) is 5.78 Å². The second-order valence-corrected chi connectivity index (χ2v) is 12.7. The summed E-state index contributed by atoms with van der Waals surface area (Å²) in [6.07, 6.45) is 9.34. The van der Waals surface area contributed by atoms with Gasteiger partial charge < -0.3 is 10.2 Å². The van der Waals surface area contributed by atoms with E-state index in [1.807, 2.05) is 30.5 Å². The van der Waals surface area contributed by atoms with Crippen LogP contribution in [0, 0.1) is 6.92 Å². The second-order valence-electron chi connectivity index (χ2n) is 12.7. The maximum absolute atomic E-state index is 13.5. The Kier molecular flexibility index (Phi) is 8.56. The van der Waals surface area contributed by atoms with Crippen LogP contribution in [0.3, 0.4) is 0 Å². The van der Waals surface area contributed by atoms with Crippen LogP contribution >= 0.6 is 0 Å². The van der Waals surface area contributed by atoms with Gasteiger partial charge in [-0.15, -0.1) is 0 Å². The molecule has 3 fully saturated rings. The summed E-state index contributed by atoms with van der Waals surface area (Å²) in [5.74, 6) is 0.432. The van der Waals surface area contributed by atoms with Gasteiger partial charge in [0.2, 0.25) is 11.9 Å². The van der Waals surface area contributed by atoms with Crippen LogP contribution in [0.4, 0.5) is 27.9 Å². The number of aryl methyl sites for hydroxylation is 1. The molecule has 0 radical (unpaired) electrons. The fourth-order valence-electron chi connectivity index (χ4n) is 6.94. The second kappa shape index (κ2) is 13.1. The number of hydrogen-bond acceptors (Lipinski definition) is 11. The molecule has 2 aliphatic heterocycles. The highest BCUT2D eigenvalue weighted by molar-refractivity contribution is 6.05. The monoisotopic (exact) mass is 650 g/mol. The zero-order valence-electron chi connectivity index (χ0n) is 27.1. The molecule has 3 aliphatic rings. The summed E-state index contributed by atoms with van der Waals surface area (Å²) < 4.78 is 1.71. The molecule has 0 spiro atoms. The maximum atomic E-state index is 13.5. The van der Waals surface area contributed by atoms with E-state index < -0.39 is 6.03 Å². The van der Waals surface area contributed by atoms with E-state index in [4.69, 9.17) is 4.98 Å². The molecule has 2 N–H and O–H groups in total. The number of hydrogen-bond donors (Lipinski definition) is 2. The van der Waals surface area contributed by atoms with Gasteiger partial charge in [-0.3, -0.25) is 39.1 Å². The SMILES string of the molecule is CC(=O)c1c(C)c2cnc(Nc3ccc(N4CCN(Cc5ccc(N6CCC(=O)NC6=O)cn5)CC4)cn3)nc2n(C2CCCC2)c1=O. The third-order valence-electron chi connectivity index (χ3n) is 9.54.